The van der Waals surface area contributed by atoms with Crippen molar-refractivity contribution in [3.63, 3.8) is 0 Å². The SMILES string of the molecule is CCOCOC(=O)C1C=CCC1. The van der Waals surface area contributed by atoms with Crippen LogP contribution >= 0.6 is 0 Å². The van der Waals surface area contributed by atoms with Gasteiger partial charge in [0.2, 0.25) is 0 Å². The zero-order chi connectivity index (χ0) is 8.81. The van der Waals surface area contributed by atoms with Crippen molar-refractivity contribution < 1.29 is 14.3 Å². The monoisotopic (exact) mass is 170 g/mol. The average Bonchev–Trinajstić information content (AvgIpc) is 2.56. The first-order chi connectivity index (χ1) is 5.84. The van der Waals surface area contributed by atoms with Crippen molar-refractivity contribution in [3.05, 3.63) is 12.2 Å². The Labute approximate surface area is 72.4 Å². The maximum Gasteiger partial charge on any atom is 0.314 e. The molecule has 1 atom stereocenters. The predicted octanol–water partition coefficient (Wildman–Crippen LogP) is 1.49. The minimum absolute atomic E-state index is 0.0366. The molecular formula is C9H14O3. The molecule has 0 aromatic heterocycles. The molecule has 0 aromatic carbocycles. The lowest BCUT2D eigenvalue weighted by molar-refractivity contribution is -0.159. The van der Waals surface area contributed by atoms with E-state index in [0.29, 0.717) is 6.61 Å². The highest BCUT2D eigenvalue weighted by Crippen LogP contribution is 2.17. The van der Waals surface area contributed by atoms with Crippen LogP contribution in [0.1, 0.15) is 19.8 Å². The standard InChI is InChI=1S/C9H14O3/c1-2-11-7-12-9(10)8-5-3-4-6-8/h3,5,8H,2,4,6-7H2,1H3. The van der Waals surface area contributed by atoms with Crippen molar-refractivity contribution in [1.29, 1.82) is 0 Å². The topological polar surface area (TPSA) is 35.5 Å². The molecule has 3 nitrogen and oxygen atoms in total. The summed E-state index contributed by atoms with van der Waals surface area (Å²) < 4.78 is 9.75. The smallest absolute Gasteiger partial charge is 0.314 e. The summed E-state index contributed by atoms with van der Waals surface area (Å²) in [5.74, 6) is -0.206. The first-order valence-electron chi connectivity index (χ1n) is 4.25. The van der Waals surface area contributed by atoms with Crippen molar-refractivity contribution in [1.82, 2.24) is 0 Å². The quantitative estimate of drug-likeness (QED) is 0.277. The summed E-state index contributed by atoms with van der Waals surface area (Å²) in [6.45, 7) is 2.52. The number of esters is 1. The molecule has 1 aliphatic rings. The van der Waals surface area contributed by atoms with Gasteiger partial charge in [-0.25, -0.2) is 0 Å². The van der Waals surface area contributed by atoms with Crippen LogP contribution in [0.3, 0.4) is 0 Å². The normalized spacial score (nSPS) is 21.2. The van der Waals surface area contributed by atoms with Crippen LogP contribution in [0.25, 0.3) is 0 Å². The number of hydrogen-bond donors (Lipinski definition) is 0. The van der Waals surface area contributed by atoms with Gasteiger partial charge in [0.25, 0.3) is 0 Å². The van der Waals surface area contributed by atoms with Crippen LogP contribution in [0.5, 0.6) is 0 Å². The Morgan fingerprint density at radius 2 is 2.50 bits per heavy atom. The van der Waals surface area contributed by atoms with Gasteiger partial charge in [-0.1, -0.05) is 12.2 Å². The second kappa shape index (κ2) is 4.93. The Kier molecular flexibility index (Phi) is 3.80. The second-order valence-corrected chi connectivity index (χ2v) is 2.69. The molecule has 1 rings (SSSR count). The molecule has 0 fully saturated rings. The van der Waals surface area contributed by atoms with Crippen LogP contribution in [-0.2, 0) is 14.3 Å². The largest absolute Gasteiger partial charge is 0.438 e. The van der Waals surface area contributed by atoms with Crippen molar-refractivity contribution in [2.45, 2.75) is 19.8 Å². The van der Waals surface area contributed by atoms with Gasteiger partial charge in [0.15, 0.2) is 6.79 Å². The number of carbonyl (C=O) groups excluding carboxylic acids is 1. The fourth-order valence-corrected chi connectivity index (χ4v) is 1.12. The number of ether oxygens (including phenoxy) is 2. The van der Waals surface area contributed by atoms with E-state index in [1.807, 2.05) is 19.1 Å². The molecule has 68 valence electrons. The van der Waals surface area contributed by atoms with Crippen LogP contribution < -0.4 is 0 Å². The van der Waals surface area contributed by atoms with Gasteiger partial charge in [-0.05, 0) is 19.8 Å². The van der Waals surface area contributed by atoms with E-state index < -0.39 is 0 Å². The highest BCUT2D eigenvalue weighted by atomic mass is 16.7. The van der Waals surface area contributed by atoms with E-state index in [2.05, 4.69) is 0 Å². The summed E-state index contributed by atoms with van der Waals surface area (Å²) in [7, 11) is 0. The van der Waals surface area contributed by atoms with Crippen molar-refractivity contribution >= 4 is 5.97 Å². The lowest BCUT2D eigenvalue weighted by Gasteiger charge is -2.07. The molecule has 3 heteroatoms. The molecule has 0 saturated heterocycles. The fourth-order valence-electron chi connectivity index (χ4n) is 1.12. The Morgan fingerprint density at radius 1 is 1.67 bits per heavy atom. The molecule has 0 bridgehead atoms. The van der Waals surface area contributed by atoms with Gasteiger partial charge in [-0.15, -0.1) is 0 Å². The number of rotatable bonds is 4. The van der Waals surface area contributed by atoms with Gasteiger partial charge >= 0.3 is 5.97 Å². The zero-order valence-electron chi connectivity index (χ0n) is 7.29. The van der Waals surface area contributed by atoms with Gasteiger partial charge in [0.1, 0.15) is 0 Å². The first kappa shape index (κ1) is 9.26. The minimum Gasteiger partial charge on any atom is -0.438 e. The van der Waals surface area contributed by atoms with Gasteiger partial charge in [-0.2, -0.15) is 0 Å². The summed E-state index contributed by atoms with van der Waals surface area (Å²) in [4.78, 5) is 11.2. The van der Waals surface area contributed by atoms with Crippen molar-refractivity contribution in [2.24, 2.45) is 5.92 Å². The molecule has 0 spiro atoms. The molecular weight excluding hydrogens is 156 g/mol. The Bertz CT molecular complexity index is 175. The second-order valence-electron chi connectivity index (χ2n) is 2.69. The van der Waals surface area contributed by atoms with E-state index in [1.165, 1.54) is 0 Å². The molecule has 0 N–H and O–H groups in total. The van der Waals surface area contributed by atoms with Gasteiger partial charge in [0, 0.05) is 6.61 Å². The van der Waals surface area contributed by atoms with Crippen molar-refractivity contribution in [3.8, 4) is 0 Å². The molecule has 0 saturated carbocycles. The summed E-state index contributed by atoms with van der Waals surface area (Å²) in [6.07, 6.45) is 5.76. The minimum atomic E-state index is -0.169. The summed E-state index contributed by atoms with van der Waals surface area (Å²) in [5.41, 5.74) is 0. The van der Waals surface area contributed by atoms with Gasteiger partial charge in [0.05, 0.1) is 5.92 Å². The lowest BCUT2D eigenvalue weighted by atomic mass is 10.1. The molecule has 0 radical (unpaired) electrons. The average molecular weight is 170 g/mol. The van der Waals surface area contributed by atoms with Gasteiger partial charge in [-0.3, -0.25) is 4.79 Å². The number of carbonyl (C=O) groups is 1. The molecule has 0 heterocycles. The third-order valence-corrected chi connectivity index (χ3v) is 1.80. The summed E-state index contributed by atoms with van der Waals surface area (Å²) in [5, 5.41) is 0. The Hall–Kier alpha value is -0.830. The lowest BCUT2D eigenvalue weighted by Crippen LogP contribution is -2.15. The molecule has 1 aliphatic carbocycles. The van der Waals surface area contributed by atoms with Crippen molar-refractivity contribution in [2.75, 3.05) is 13.4 Å². The Morgan fingerprint density at radius 3 is 3.08 bits per heavy atom. The fraction of sp³-hybridized carbons (Fsp3) is 0.667. The highest BCUT2D eigenvalue weighted by molar-refractivity contribution is 5.74. The maximum absolute atomic E-state index is 11.2. The van der Waals surface area contributed by atoms with E-state index in [-0.39, 0.29) is 18.7 Å². The summed E-state index contributed by atoms with van der Waals surface area (Å²) >= 11 is 0. The van der Waals surface area contributed by atoms with Crippen LogP contribution in [0.4, 0.5) is 0 Å². The first-order valence-corrected chi connectivity index (χ1v) is 4.25. The van der Waals surface area contributed by atoms with Crippen LogP contribution in [-0.4, -0.2) is 19.4 Å². The van der Waals surface area contributed by atoms with Crippen LogP contribution in [0, 0.1) is 5.92 Å². The number of allylic oxidation sites excluding steroid dienone is 1. The molecule has 1 unspecified atom stereocenters. The Balaban J connectivity index is 2.14. The van der Waals surface area contributed by atoms with Crippen LogP contribution in [0.15, 0.2) is 12.2 Å². The highest BCUT2D eigenvalue weighted by Gasteiger charge is 2.19. The van der Waals surface area contributed by atoms with E-state index in [1.54, 1.807) is 0 Å². The van der Waals surface area contributed by atoms with Gasteiger partial charge < -0.3 is 9.47 Å². The van der Waals surface area contributed by atoms with Crippen LogP contribution in [0.2, 0.25) is 0 Å². The third kappa shape index (κ3) is 2.66. The maximum atomic E-state index is 11.2. The van der Waals surface area contributed by atoms with E-state index in [4.69, 9.17) is 9.47 Å². The molecule has 0 aliphatic heterocycles. The van der Waals surface area contributed by atoms with E-state index >= 15 is 0 Å². The third-order valence-electron chi connectivity index (χ3n) is 1.80. The molecule has 0 amide bonds. The summed E-state index contributed by atoms with van der Waals surface area (Å²) in [6, 6.07) is 0. The van der Waals surface area contributed by atoms with E-state index in [0.717, 1.165) is 12.8 Å². The zero-order valence-corrected chi connectivity index (χ0v) is 7.29. The molecule has 0 aromatic rings. The number of hydrogen-bond acceptors (Lipinski definition) is 3. The molecule has 12 heavy (non-hydrogen) atoms. The predicted molar refractivity (Wildman–Crippen MR) is 44.4 cm³/mol. The van der Waals surface area contributed by atoms with E-state index in [9.17, 15) is 4.79 Å².